The van der Waals surface area contributed by atoms with Crippen molar-refractivity contribution in [3.8, 4) is 0 Å². The molecule has 0 amide bonds. The van der Waals surface area contributed by atoms with E-state index < -0.39 is 0 Å². The molecule has 1 aromatic heterocycles. The maximum absolute atomic E-state index is 6.43. The zero-order valence-corrected chi connectivity index (χ0v) is 11.8. The number of nitrogens with two attached hydrogens (primary N) is 1. The first kappa shape index (κ1) is 13.6. The Morgan fingerprint density at radius 1 is 1.44 bits per heavy atom. The monoisotopic (exact) mass is 267 g/mol. The topological polar surface area (TPSA) is 42.2 Å². The molecule has 18 heavy (non-hydrogen) atoms. The van der Waals surface area contributed by atoms with Gasteiger partial charge in [-0.3, -0.25) is 0 Å². The molecule has 1 fully saturated rings. The molecule has 2 N–H and O–H groups in total. The van der Waals surface area contributed by atoms with Crippen LogP contribution >= 0.6 is 11.6 Å². The van der Waals surface area contributed by atoms with Gasteiger partial charge in [-0.1, -0.05) is 31.4 Å². The van der Waals surface area contributed by atoms with Gasteiger partial charge in [0.2, 0.25) is 0 Å². The van der Waals surface area contributed by atoms with Crippen LogP contribution in [0.1, 0.15) is 44.6 Å². The third kappa shape index (κ3) is 2.78. The van der Waals surface area contributed by atoms with Crippen LogP contribution in [0.2, 0.25) is 5.02 Å². The number of rotatable bonds is 3. The van der Waals surface area contributed by atoms with Crippen LogP contribution in [-0.4, -0.2) is 17.6 Å². The van der Waals surface area contributed by atoms with Crippen LogP contribution in [0, 0.1) is 0 Å². The van der Waals surface area contributed by atoms with Gasteiger partial charge >= 0.3 is 0 Å². The summed E-state index contributed by atoms with van der Waals surface area (Å²) in [5, 5.41) is 0.736. The third-order valence-electron chi connectivity index (χ3n) is 3.79. The van der Waals surface area contributed by atoms with Gasteiger partial charge in [-0.15, -0.1) is 0 Å². The smallest absolute Gasteiger partial charge is 0.147 e. The molecule has 4 heteroatoms. The Hall–Kier alpha value is -0.800. The summed E-state index contributed by atoms with van der Waals surface area (Å²) in [5.41, 5.74) is 6.70. The summed E-state index contributed by atoms with van der Waals surface area (Å²) in [4.78, 5) is 6.87. The minimum Gasteiger partial charge on any atom is -0.352 e. The van der Waals surface area contributed by atoms with Crippen molar-refractivity contribution in [3.05, 3.63) is 22.8 Å². The largest absolute Gasteiger partial charge is 0.352 e. The SMILES string of the molecule is CCC1CCCCCN1c1nccc(CN)c1Cl. The molecule has 0 aromatic carbocycles. The first-order chi connectivity index (χ1) is 8.77. The average molecular weight is 268 g/mol. The zero-order valence-electron chi connectivity index (χ0n) is 11.0. The molecule has 2 rings (SSSR count). The van der Waals surface area contributed by atoms with Crippen LogP contribution in [-0.2, 0) is 6.54 Å². The van der Waals surface area contributed by atoms with Crippen LogP contribution in [0.4, 0.5) is 5.82 Å². The molecule has 0 aliphatic carbocycles. The van der Waals surface area contributed by atoms with Gasteiger partial charge in [-0.05, 0) is 30.9 Å². The Balaban J connectivity index is 2.32. The van der Waals surface area contributed by atoms with E-state index in [0.29, 0.717) is 12.6 Å². The van der Waals surface area contributed by atoms with Gasteiger partial charge < -0.3 is 10.6 Å². The molecule has 1 aliphatic heterocycles. The van der Waals surface area contributed by atoms with Crippen molar-refractivity contribution in [1.29, 1.82) is 0 Å². The van der Waals surface area contributed by atoms with Crippen LogP contribution in [0.3, 0.4) is 0 Å². The number of nitrogens with zero attached hydrogens (tertiary/aromatic N) is 2. The van der Waals surface area contributed by atoms with Crippen LogP contribution in [0.25, 0.3) is 0 Å². The molecule has 1 atom stereocenters. The number of aromatic nitrogens is 1. The lowest BCUT2D eigenvalue weighted by molar-refractivity contribution is 0.552. The molecule has 1 saturated heterocycles. The van der Waals surface area contributed by atoms with Gasteiger partial charge in [0.25, 0.3) is 0 Å². The van der Waals surface area contributed by atoms with Crippen molar-refractivity contribution < 1.29 is 0 Å². The first-order valence-corrected chi connectivity index (χ1v) is 7.25. The van der Waals surface area contributed by atoms with Gasteiger partial charge in [0.05, 0.1) is 5.02 Å². The van der Waals surface area contributed by atoms with Gasteiger partial charge in [-0.2, -0.15) is 0 Å². The number of anilines is 1. The Bertz CT molecular complexity index is 395. The van der Waals surface area contributed by atoms with E-state index in [0.717, 1.165) is 29.4 Å². The van der Waals surface area contributed by atoms with Gasteiger partial charge in [0.15, 0.2) is 0 Å². The number of hydrogen-bond acceptors (Lipinski definition) is 3. The highest BCUT2D eigenvalue weighted by molar-refractivity contribution is 6.33. The fourth-order valence-electron chi connectivity index (χ4n) is 2.71. The van der Waals surface area contributed by atoms with Crippen LogP contribution < -0.4 is 10.6 Å². The first-order valence-electron chi connectivity index (χ1n) is 6.88. The standard InChI is InChI=1S/C14H22ClN3/c1-2-12-6-4-3-5-9-18(12)14-13(15)11(10-16)7-8-17-14/h7-8,12H,2-6,9-10,16H2,1H3. The third-order valence-corrected chi connectivity index (χ3v) is 4.20. The van der Waals surface area contributed by atoms with E-state index >= 15 is 0 Å². The zero-order chi connectivity index (χ0) is 13.0. The van der Waals surface area contributed by atoms with Crippen LogP contribution in [0.15, 0.2) is 12.3 Å². The fourth-order valence-corrected chi connectivity index (χ4v) is 3.01. The molecule has 0 spiro atoms. The summed E-state index contributed by atoms with van der Waals surface area (Å²) >= 11 is 6.43. The highest BCUT2D eigenvalue weighted by Gasteiger charge is 2.23. The van der Waals surface area contributed by atoms with Crippen molar-refractivity contribution in [2.75, 3.05) is 11.4 Å². The summed E-state index contributed by atoms with van der Waals surface area (Å²) in [7, 11) is 0. The molecule has 1 unspecified atom stereocenters. The quantitative estimate of drug-likeness (QED) is 0.913. The van der Waals surface area contributed by atoms with Crippen molar-refractivity contribution in [1.82, 2.24) is 4.98 Å². The molecule has 1 aliphatic rings. The molecule has 3 nitrogen and oxygen atoms in total. The van der Waals surface area contributed by atoms with E-state index in [1.54, 1.807) is 0 Å². The van der Waals surface area contributed by atoms with Gasteiger partial charge in [0.1, 0.15) is 5.82 Å². The predicted octanol–water partition coefficient (Wildman–Crippen LogP) is 3.35. The van der Waals surface area contributed by atoms with Crippen molar-refractivity contribution in [2.24, 2.45) is 5.73 Å². The lowest BCUT2D eigenvalue weighted by Crippen LogP contribution is -2.35. The molecule has 0 radical (unpaired) electrons. The number of halogens is 1. The number of pyridine rings is 1. The molecule has 0 saturated carbocycles. The number of hydrogen-bond donors (Lipinski definition) is 1. The fraction of sp³-hybridized carbons (Fsp3) is 0.643. The Kier molecular flexibility index (Phi) is 4.84. The maximum Gasteiger partial charge on any atom is 0.147 e. The summed E-state index contributed by atoms with van der Waals surface area (Å²) < 4.78 is 0. The summed E-state index contributed by atoms with van der Waals surface area (Å²) in [5.74, 6) is 0.924. The molecule has 1 aromatic rings. The lowest BCUT2D eigenvalue weighted by atomic mass is 10.1. The Morgan fingerprint density at radius 2 is 2.28 bits per heavy atom. The van der Waals surface area contributed by atoms with Gasteiger partial charge in [-0.25, -0.2) is 4.98 Å². The van der Waals surface area contributed by atoms with Crippen molar-refractivity contribution in [3.63, 3.8) is 0 Å². The van der Waals surface area contributed by atoms with Crippen LogP contribution in [0.5, 0.6) is 0 Å². The predicted molar refractivity (Wildman–Crippen MR) is 77.0 cm³/mol. The summed E-state index contributed by atoms with van der Waals surface area (Å²) in [6.45, 7) is 3.77. The average Bonchev–Trinajstić information content (AvgIpc) is 2.64. The van der Waals surface area contributed by atoms with E-state index in [4.69, 9.17) is 17.3 Å². The molecular formula is C14H22ClN3. The molecule has 100 valence electrons. The van der Waals surface area contributed by atoms with Crippen molar-refractivity contribution in [2.45, 2.75) is 51.6 Å². The van der Waals surface area contributed by atoms with Crippen molar-refractivity contribution >= 4 is 17.4 Å². The minimum absolute atomic E-state index is 0.471. The Morgan fingerprint density at radius 3 is 3.00 bits per heavy atom. The normalized spacial score (nSPS) is 20.8. The molecule has 0 bridgehead atoms. The van der Waals surface area contributed by atoms with E-state index in [1.165, 1.54) is 25.7 Å². The minimum atomic E-state index is 0.471. The van der Waals surface area contributed by atoms with E-state index in [2.05, 4.69) is 16.8 Å². The van der Waals surface area contributed by atoms with E-state index in [1.807, 2.05) is 12.3 Å². The highest BCUT2D eigenvalue weighted by atomic mass is 35.5. The second-order valence-corrected chi connectivity index (χ2v) is 5.29. The van der Waals surface area contributed by atoms with Gasteiger partial charge in [0, 0.05) is 25.3 Å². The lowest BCUT2D eigenvalue weighted by Gasteiger charge is -2.31. The maximum atomic E-state index is 6.43. The molecular weight excluding hydrogens is 246 g/mol. The highest BCUT2D eigenvalue weighted by Crippen LogP contribution is 2.31. The Labute approximate surface area is 114 Å². The second-order valence-electron chi connectivity index (χ2n) is 4.92. The summed E-state index contributed by atoms with van der Waals surface area (Å²) in [6.07, 6.45) is 8.04. The molecule has 2 heterocycles. The van der Waals surface area contributed by atoms with E-state index in [9.17, 15) is 0 Å². The van der Waals surface area contributed by atoms with E-state index in [-0.39, 0.29) is 0 Å². The second kappa shape index (κ2) is 6.39. The summed E-state index contributed by atoms with van der Waals surface area (Å²) in [6, 6.07) is 2.47.